The van der Waals surface area contributed by atoms with Crippen molar-refractivity contribution in [3.8, 4) is 17.6 Å². The predicted octanol–water partition coefficient (Wildman–Crippen LogP) is 1.85. The first-order valence-electron chi connectivity index (χ1n) is 6.10. The molecule has 0 amide bonds. The summed E-state index contributed by atoms with van der Waals surface area (Å²) in [5.74, 6) is 1.48. The first-order chi connectivity index (χ1) is 8.75. The number of methoxy groups -OCH3 is 2. The summed E-state index contributed by atoms with van der Waals surface area (Å²) in [7, 11) is 3.25. The molecule has 0 aromatic heterocycles. The summed E-state index contributed by atoms with van der Waals surface area (Å²) >= 11 is 0. The van der Waals surface area contributed by atoms with Crippen LogP contribution in [0.1, 0.15) is 18.4 Å². The van der Waals surface area contributed by atoms with E-state index in [0.29, 0.717) is 0 Å². The Kier molecular flexibility index (Phi) is 3.73. The molecule has 96 valence electrons. The Bertz CT molecular complexity index is 459. The lowest BCUT2D eigenvalue weighted by molar-refractivity contribution is 0.349. The van der Waals surface area contributed by atoms with E-state index < -0.39 is 5.41 Å². The summed E-state index contributed by atoms with van der Waals surface area (Å²) in [6.45, 7) is 1.73. The highest BCUT2D eigenvalue weighted by molar-refractivity contribution is 5.48. The smallest absolute Gasteiger partial charge is 0.127 e. The second-order valence-electron chi connectivity index (χ2n) is 4.51. The Hall–Kier alpha value is -1.73. The lowest BCUT2D eigenvalue weighted by Crippen LogP contribution is -2.39. The number of nitrogens with one attached hydrogen (secondary N) is 1. The van der Waals surface area contributed by atoms with E-state index in [1.54, 1.807) is 14.2 Å². The van der Waals surface area contributed by atoms with Gasteiger partial charge in [-0.05, 0) is 32.0 Å². The van der Waals surface area contributed by atoms with E-state index in [1.807, 2.05) is 18.2 Å². The van der Waals surface area contributed by atoms with Gasteiger partial charge < -0.3 is 14.8 Å². The van der Waals surface area contributed by atoms with Gasteiger partial charge >= 0.3 is 0 Å². The van der Waals surface area contributed by atoms with Crippen LogP contribution in [0, 0.1) is 11.3 Å². The lowest BCUT2D eigenvalue weighted by atomic mass is 9.74. The fourth-order valence-corrected chi connectivity index (χ4v) is 2.49. The summed E-state index contributed by atoms with van der Waals surface area (Å²) in [6.07, 6.45) is 1.62. The molecular weight excluding hydrogens is 228 g/mol. The third-order valence-electron chi connectivity index (χ3n) is 3.60. The van der Waals surface area contributed by atoms with Gasteiger partial charge in [0, 0.05) is 11.6 Å². The fraction of sp³-hybridized carbons (Fsp3) is 0.500. The van der Waals surface area contributed by atoms with Crippen molar-refractivity contribution >= 4 is 0 Å². The molecule has 0 unspecified atom stereocenters. The first kappa shape index (κ1) is 12.7. The minimum Gasteiger partial charge on any atom is -0.497 e. The van der Waals surface area contributed by atoms with Crippen molar-refractivity contribution in [2.45, 2.75) is 18.3 Å². The molecule has 1 fully saturated rings. The van der Waals surface area contributed by atoms with Gasteiger partial charge in [-0.15, -0.1) is 0 Å². The van der Waals surface area contributed by atoms with Crippen LogP contribution >= 0.6 is 0 Å². The van der Waals surface area contributed by atoms with E-state index in [0.717, 1.165) is 43.0 Å². The average molecular weight is 246 g/mol. The van der Waals surface area contributed by atoms with Crippen LogP contribution in [0.15, 0.2) is 18.2 Å². The zero-order valence-electron chi connectivity index (χ0n) is 10.8. The molecule has 4 nitrogen and oxygen atoms in total. The molecule has 2 rings (SSSR count). The molecule has 1 aliphatic rings. The van der Waals surface area contributed by atoms with Crippen LogP contribution < -0.4 is 14.8 Å². The number of nitriles is 1. The maximum absolute atomic E-state index is 9.58. The monoisotopic (exact) mass is 246 g/mol. The lowest BCUT2D eigenvalue weighted by Gasteiger charge is -2.32. The molecule has 0 spiro atoms. The average Bonchev–Trinajstić information content (AvgIpc) is 2.47. The number of hydrogen-bond donors (Lipinski definition) is 1. The van der Waals surface area contributed by atoms with Crippen molar-refractivity contribution in [1.82, 2.24) is 5.32 Å². The number of ether oxygens (including phenoxy) is 2. The SMILES string of the molecule is COc1ccc(C2(C#N)CCNCC2)c(OC)c1. The van der Waals surface area contributed by atoms with E-state index in [2.05, 4.69) is 11.4 Å². The molecule has 0 radical (unpaired) electrons. The molecule has 4 heteroatoms. The number of rotatable bonds is 3. The Balaban J connectivity index is 2.45. The van der Waals surface area contributed by atoms with Gasteiger partial charge in [0.2, 0.25) is 0 Å². The van der Waals surface area contributed by atoms with E-state index in [1.165, 1.54) is 0 Å². The van der Waals surface area contributed by atoms with Gasteiger partial charge in [0.25, 0.3) is 0 Å². The van der Waals surface area contributed by atoms with E-state index >= 15 is 0 Å². The molecular formula is C14H18N2O2. The Morgan fingerprint density at radius 2 is 1.94 bits per heavy atom. The molecule has 18 heavy (non-hydrogen) atoms. The molecule has 1 aromatic rings. The van der Waals surface area contributed by atoms with Crippen LogP contribution in [0.25, 0.3) is 0 Å². The van der Waals surface area contributed by atoms with Gasteiger partial charge in [0.05, 0.1) is 25.7 Å². The molecule has 1 N–H and O–H groups in total. The molecule has 0 bridgehead atoms. The van der Waals surface area contributed by atoms with Crippen LogP contribution in [0.2, 0.25) is 0 Å². The summed E-state index contributed by atoms with van der Waals surface area (Å²) in [5, 5.41) is 12.9. The number of nitrogens with zero attached hydrogens (tertiary/aromatic N) is 1. The molecule has 1 aromatic carbocycles. The van der Waals surface area contributed by atoms with Gasteiger partial charge in [0.1, 0.15) is 11.5 Å². The largest absolute Gasteiger partial charge is 0.497 e. The highest BCUT2D eigenvalue weighted by atomic mass is 16.5. The third kappa shape index (κ3) is 2.14. The minimum atomic E-state index is -0.442. The van der Waals surface area contributed by atoms with Gasteiger partial charge in [-0.3, -0.25) is 0 Å². The Morgan fingerprint density at radius 1 is 1.22 bits per heavy atom. The summed E-state index contributed by atoms with van der Waals surface area (Å²) in [4.78, 5) is 0. The van der Waals surface area contributed by atoms with E-state index in [9.17, 15) is 5.26 Å². The van der Waals surface area contributed by atoms with Gasteiger partial charge in [-0.1, -0.05) is 6.07 Å². The van der Waals surface area contributed by atoms with Gasteiger partial charge in [-0.25, -0.2) is 0 Å². The zero-order chi connectivity index (χ0) is 13.0. The van der Waals surface area contributed by atoms with Crippen LogP contribution in [-0.4, -0.2) is 27.3 Å². The standard InChI is InChI=1S/C14H18N2O2/c1-17-11-3-4-12(13(9-11)18-2)14(10-15)5-7-16-8-6-14/h3-4,9,16H,5-8H2,1-2H3. The van der Waals surface area contributed by atoms with Gasteiger partial charge in [0.15, 0.2) is 0 Å². The van der Waals surface area contributed by atoms with Crippen molar-refractivity contribution in [2.24, 2.45) is 0 Å². The summed E-state index contributed by atoms with van der Waals surface area (Å²) in [5.41, 5.74) is 0.526. The summed E-state index contributed by atoms with van der Waals surface area (Å²) in [6, 6.07) is 8.17. The highest BCUT2D eigenvalue weighted by Gasteiger charge is 2.36. The van der Waals surface area contributed by atoms with Crippen LogP contribution in [0.5, 0.6) is 11.5 Å². The van der Waals surface area contributed by atoms with Crippen LogP contribution in [0.3, 0.4) is 0 Å². The number of hydrogen-bond acceptors (Lipinski definition) is 4. The Morgan fingerprint density at radius 3 is 2.50 bits per heavy atom. The highest BCUT2D eigenvalue weighted by Crippen LogP contribution is 2.39. The molecule has 1 saturated heterocycles. The normalized spacial score (nSPS) is 17.8. The van der Waals surface area contributed by atoms with Crippen molar-refractivity contribution < 1.29 is 9.47 Å². The maximum Gasteiger partial charge on any atom is 0.127 e. The zero-order valence-corrected chi connectivity index (χ0v) is 10.8. The molecule has 1 heterocycles. The Labute approximate surface area is 108 Å². The van der Waals surface area contributed by atoms with Crippen molar-refractivity contribution in [3.05, 3.63) is 23.8 Å². The summed E-state index contributed by atoms with van der Waals surface area (Å²) < 4.78 is 10.6. The number of benzene rings is 1. The second kappa shape index (κ2) is 5.28. The fourth-order valence-electron chi connectivity index (χ4n) is 2.49. The first-order valence-corrected chi connectivity index (χ1v) is 6.10. The molecule has 0 aliphatic carbocycles. The van der Waals surface area contributed by atoms with E-state index in [-0.39, 0.29) is 0 Å². The second-order valence-corrected chi connectivity index (χ2v) is 4.51. The quantitative estimate of drug-likeness (QED) is 0.884. The molecule has 0 saturated carbocycles. The minimum absolute atomic E-state index is 0.442. The molecule has 1 aliphatic heterocycles. The van der Waals surface area contributed by atoms with Crippen LogP contribution in [-0.2, 0) is 5.41 Å². The van der Waals surface area contributed by atoms with Gasteiger partial charge in [-0.2, -0.15) is 5.26 Å². The third-order valence-corrected chi connectivity index (χ3v) is 3.60. The van der Waals surface area contributed by atoms with Crippen LogP contribution in [0.4, 0.5) is 0 Å². The van der Waals surface area contributed by atoms with Crippen molar-refractivity contribution in [1.29, 1.82) is 5.26 Å². The number of piperidine rings is 1. The molecule has 0 atom stereocenters. The van der Waals surface area contributed by atoms with Crippen molar-refractivity contribution in [3.63, 3.8) is 0 Å². The predicted molar refractivity (Wildman–Crippen MR) is 68.9 cm³/mol. The topological polar surface area (TPSA) is 54.3 Å². The van der Waals surface area contributed by atoms with E-state index in [4.69, 9.17) is 9.47 Å². The van der Waals surface area contributed by atoms with Crippen molar-refractivity contribution in [2.75, 3.05) is 27.3 Å². The maximum atomic E-state index is 9.58.